The van der Waals surface area contributed by atoms with Crippen LogP contribution in [0.25, 0.3) is 22.0 Å². The monoisotopic (exact) mass is 349 g/mol. The first kappa shape index (κ1) is 16.8. The summed E-state index contributed by atoms with van der Waals surface area (Å²) in [6.45, 7) is 0.738. The van der Waals surface area contributed by atoms with E-state index in [9.17, 15) is 0 Å². The van der Waals surface area contributed by atoms with Crippen LogP contribution in [0.3, 0.4) is 0 Å². The van der Waals surface area contributed by atoms with Gasteiger partial charge in [0.1, 0.15) is 12.1 Å². The molecule has 0 atom stereocenters. The van der Waals surface area contributed by atoms with Crippen molar-refractivity contribution in [1.29, 1.82) is 0 Å². The van der Waals surface area contributed by atoms with Crippen LogP contribution in [0.2, 0.25) is 0 Å². The fourth-order valence-corrected chi connectivity index (χ4v) is 3.01. The predicted molar refractivity (Wildman–Crippen MR) is 111 cm³/mol. The van der Waals surface area contributed by atoms with Gasteiger partial charge >= 0.3 is 0 Å². The summed E-state index contributed by atoms with van der Waals surface area (Å²) < 4.78 is 0. The van der Waals surface area contributed by atoms with Crippen molar-refractivity contribution in [3.8, 4) is 23.0 Å². The molecular formula is C24H19N3. The van der Waals surface area contributed by atoms with Crippen LogP contribution in [0, 0.1) is 11.8 Å². The highest BCUT2D eigenvalue weighted by Gasteiger charge is 2.02. The second-order valence-electron chi connectivity index (χ2n) is 6.13. The van der Waals surface area contributed by atoms with Crippen LogP contribution < -0.4 is 5.32 Å². The molecule has 0 amide bonds. The molecule has 1 N–H and O–H groups in total. The molecule has 1 heterocycles. The summed E-state index contributed by atoms with van der Waals surface area (Å²) in [6, 6.07) is 26.6. The molecule has 0 spiro atoms. The normalized spacial score (nSPS) is 10.2. The van der Waals surface area contributed by atoms with Crippen LogP contribution in [0.1, 0.15) is 12.0 Å². The van der Waals surface area contributed by atoms with E-state index in [0.29, 0.717) is 0 Å². The molecule has 0 aliphatic rings. The summed E-state index contributed by atoms with van der Waals surface area (Å²) in [5.74, 6) is 7.44. The van der Waals surface area contributed by atoms with Gasteiger partial charge in [-0.3, -0.25) is 0 Å². The van der Waals surface area contributed by atoms with E-state index in [0.717, 1.165) is 35.2 Å². The summed E-state index contributed by atoms with van der Waals surface area (Å²) in [5, 5.41) is 4.40. The molecule has 0 radical (unpaired) electrons. The standard InChI is InChI=1S/C24H19N3/c1-2-10-19(11-3-1)21-14-5-4-12-20(21)13-8-9-17-25-24-22-15-6-7-16-23(22)26-18-27-24/h1-7,10-12,14-16,18H,9,17H2,(H,25,26,27). The summed E-state index contributed by atoms with van der Waals surface area (Å²) in [5.41, 5.74) is 4.35. The molecular weight excluding hydrogens is 330 g/mol. The number of benzene rings is 3. The summed E-state index contributed by atoms with van der Waals surface area (Å²) >= 11 is 0. The lowest BCUT2D eigenvalue weighted by Crippen LogP contribution is -2.03. The first-order valence-electron chi connectivity index (χ1n) is 8.99. The summed E-state index contributed by atoms with van der Waals surface area (Å²) in [6.07, 6.45) is 2.33. The molecule has 27 heavy (non-hydrogen) atoms. The Morgan fingerprint density at radius 2 is 1.56 bits per heavy atom. The van der Waals surface area contributed by atoms with Crippen molar-refractivity contribution < 1.29 is 0 Å². The average Bonchev–Trinajstić information content (AvgIpc) is 2.74. The SMILES string of the molecule is C(#Cc1ccccc1-c1ccccc1)CCNc1ncnc2ccccc12. The maximum Gasteiger partial charge on any atom is 0.137 e. The van der Waals surface area contributed by atoms with Gasteiger partial charge in [-0.2, -0.15) is 0 Å². The number of aromatic nitrogens is 2. The molecule has 0 saturated heterocycles. The zero-order valence-corrected chi connectivity index (χ0v) is 14.9. The van der Waals surface area contributed by atoms with E-state index in [-0.39, 0.29) is 0 Å². The van der Waals surface area contributed by atoms with Crippen molar-refractivity contribution in [3.63, 3.8) is 0 Å². The van der Waals surface area contributed by atoms with Crippen molar-refractivity contribution in [2.24, 2.45) is 0 Å². The van der Waals surface area contributed by atoms with E-state index in [1.807, 2.05) is 36.4 Å². The molecule has 0 saturated carbocycles. The number of para-hydroxylation sites is 1. The minimum absolute atomic E-state index is 0.738. The first-order valence-corrected chi connectivity index (χ1v) is 8.99. The molecule has 4 aromatic rings. The van der Waals surface area contributed by atoms with E-state index in [4.69, 9.17) is 0 Å². The third kappa shape index (κ3) is 3.96. The van der Waals surface area contributed by atoms with Crippen molar-refractivity contribution >= 4 is 16.7 Å². The number of fused-ring (bicyclic) bond motifs is 1. The third-order valence-corrected chi connectivity index (χ3v) is 4.32. The predicted octanol–water partition coefficient (Wildman–Crippen LogP) is 5.15. The van der Waals surface area contributed by atoms with Gasteiger partial charge < -0.3 is 5.32 Å². The Balaban J connectivity index is 1.45. The van der Waals surface area contributed by atoms with Gasteiger partial charge in [-0.1, -0.05) is 72.5 Å². The average molecular weight is 349 g/mol. The topological polar surface area (TPSA) is 37.8 Å². The Labute approximate surface area is 159 Å². The lowest BCUT2D eigenvalue weighted by atomic mass is 10.00. The Morgan fingerprint density at radius 3 is 2.48 bits per heavy atom. The van der Waals surface area contributed by atoms with E-state index in [1.165, 1.54) is 11.1 Å². The fraction of sp³-hybridized carbons (Fsp3) is 0.0833. The van der Waals surface area contributed by atoms with E-state index >= 15 is 0 Å². The molecule has 0 bridgehead atoms. The van der Waals surface area contributed by atoms with Gasteiger partial charge in [-0.15, -0.1) is 0 Å². The Kier molecular flexibility index (Phi) is 5.08. The second-order valence-corrected chi connectivity index (χ2v) is 6.13. The number of nitrogens with one attached hydrogen (secondary N) is 1. The highest BCUT2D eigenvalue weighted by molar-refractivity contribution is 5.88. The maximum atomic E-state index is 4.35. The molecule has 130 valence electrons. The van der Waals surface area contributed by atoms with Crippen LogP contribution in [0.5, 0.6) is 0 Å². The molecule has 0 aliphatic heterocycles. The van der Waals surface area contributed by atoms with Gasteiger partial charge in [0.2, 0.25) is 0 Å². The van der Waals surface area contributed by atoms with Crippen molar-refractivity contribution in [1.82, 2.24) is 9.97 Å². The number of nitrogens with zero attached hydrogens (tertiary/aromatic N) is 2. The maximum absolute atomic E-state index is 4.35. The van der Waals surface area contributed by atoms with Crippen LogP contribution in [-0.4, -0.2) is 16.5 Å². The molecule has 3 heteroatoms. The van der Waals surface area contributed by atoms with Gasteiger partial charge in [0.15, 0.2) is 0 Å². The van der Waals surface area contributed by atoms with Gasteiger partial charge in [-0.25, -0.2) is 9.97 Å². The summed E-state index contributed by atoms with van der Waals surface area (Å²) in [4.78, 5) is 8.63. The van der Waals surface area contributed by atoms with E-state index < -0.39 is 0 Å². The zero-order chi connectivity index (χ0) is 18.3. The largest absolute Gasteiger partial charge is 0.368 e. The number of hydrogen-bond donors (Lipinski definition) is 1. The number of rotatable bonds is 4. The van der Waals surface area contributed by atoms with Crippen molar-refractivity contribution in [2.45, 2.75) is 6.42 Å². The number of hydrogen-bond acceptors (Lipinski definition) is 3. The first-order chi connectivity index (χ1) is 13.4. The second kappa shape index (κ2) is 8.16. The zero-order valence-electron chi connectivity index (χ0n) is 14.9. The lowest BCUT2D eigenvalue weighted by molar-refractivity contribution is 1.07. The lowest BCUT2D eigenvalue weighted by Gasteiger charge is -2.06. The molecule has 0 unspecified atom stereocenters. The van der Waals surface area contributed by atoms with Crippen LogP contribution >= 0.6 is 0 Å². The molecule has 0 fully saturated rings. The minimum Gasteiger partial charge on any atom is -0.368 e. The highest BCUT2D eigenvalue weighted by atomic mass is 15.0. The van der Waals surface area contributed by atoms with Gasteiger partial charge in [0.25, 0.3) is 0 Å². The quantitative estimate of drug-likeness (QED) is 0.409. The summed E-state index contributed by atoms with van der Waals surface area (Å²) in [7, 11) is 0. The fourth-order valence-electron chi connectivity index (χ4n) is 3.01. The van der Waals surface area contributed by atoms with Gasteiger partial charge in [0.05, 0.1) is 5.52 Å². The van der Waals surface area contributed by atoms with Crippen molar-refractivity contribution in [3.05, 3.63) is 90.8 Å². The third-order valence-electron chi connectivity index (χ3n) is 4.32. The van der Waals surface area contributed by atoms with Crippen LogP contribution in [-0.2, 0) is 0 Å². The number of anilines is 1. The minimum atomic E-state index is 0.738. The Hall–Kier alpha value is -3.64. The van der Waals surface area contributed by atoms with E-state index in [2.05, 4.69) is 69.6 Å². The molecule has 1 aromatic heterocycles. The van der Waals surface area contributed by atoms with E-state index in [1.54, 1.807) is 6.33 Å². The Bertz CT molecular complexity index is 1100. The smallest absolute Gasteiger partial charge is 0.137 e. The Morgan fingerprint density at radius 1 is 0.778 bits per heavy atom. The van der Waals surface area contributed by atoms with Crippen molar-refractivity contribution in [2.75, 3.05) is 11.9 Å². The molecule has 4 rings (SSSR count). The molecule has 3 aromatic carbocycles. The van der Waals surface area contributed by atoms with Gasteiger partial charge in [-0.05, 0) is 29.3 Å². The van der Waals surface area contributed by atoms with Crippen LogP contribution in [0.4, 0.5) is 5.82 Å². The van der Waals surface area contributed by atoms with Gasteiger partial charge in [0, 0.05) is 23.9 Å². The highest BCUT2D eigenvalue weighted by Crippen LogP contribution is 2.22. The molecule has 3 nitrogen and oxygen atoms in total. The van der Waals surface area contributed by atoms with Crippen LogP contribution in [0.15, 0.2) is 85.2 Å². The molecule has 0 aliphatic carbocycles.